The zero-order chi connectivity index (χ0) is 12.2. The van der Waals surface area contributed by atoms with Gasteiger partial charge in [-0.1, -0.05) is 18.2 Å². The standard InChI is InChI=1S/C12H15N3O/c1-12(2,3)15(9-13)14-11(16)10-7-5-4-6-8-10/h4-8H,1-3H3,(H,14,16). The Labute approximate surface area is 95.5 Å². The number of amides is 1. The Kier molecular flexibility index (Phi) is 3.51. The highest BCUT2D eigenvalue weighted by atomic mass is 16.2. The van der Waals surface area contributed by atoms with E-state index in [-0.39, 0.29) is 5.91 Å². The predicted molar refractivity (Wildman–Crippen MR) is 61.1 cm³/mol. The van der Waals surface area contributed by atoms with Gasteiger partial charge in [-0.05, 0) is 32.9 Å². The largest absolute Gasteiger partial charge is 0.270 e. The van der Waals surface area contributed by atoms with E-state index < -0.39 is 5.54 Å². The summed E-state index contributed by atoms with van der Waals surface area (Å²) >= 11 is 0. The van der Waals surface area contributed by atoms with Crippen LogP contribution in [0, 0.1) is 11.5 Å². The molecule has 0 fully saturated rings. The third-order valence-electron chi connectivity index (χ3n) is 2.02. The lowest BCUT2D eigenvalue weighted by Crippen LogP contribution is -2.49. The van der Waals surface area contributed by atoms with E-state index in [2.05, 4.69) is 5.43 Å². The first-order valence-electron chi connectivity index (χ1n) is 5.01. The SMILES string of the molecule is CC(C)(C)N(C#N)NC(=O)c1ccccc1. The molecule has 1 rings (SSSR count). The summed E-state index contributed by atoms with van der Waals surface area (Å²) in [5, 5.41) is 10.2. The van der Waals surface area contributed by atoms with Crippen LogP contribution in [0.15, 0.2) is 30.3 Å². The number of hydrogen-bond donors (Lipinski definition) is 1. The van der Waals surface area contributed by atoms with Gasteiger partial charge in [0.25, 0.3) is 5.91 Å². The molecular formula is C12H15N3O. The smallest absolute Gasteiger partial charge is 0.267 e. The number of benzene rings is 1. The quantitative estimate of drug-likeness (QED) is 0.467. The summed E-state index contributed by atoms with van der Waals surface area (Å²) in [6, 6.07) is 8.80. The molecule has 4 nitrogen and oxygen atoms in total. The van der Waals surface area contributed by atoms with Crippen molar-refractivity contribution in [3.63, 3.8) is 0 Å². The average Bonchev–Trinajstić information content (AvgIpc) is 2.25. The zero-order valence-corrected chi connectivity index (χ0v) is 9.69. The van der Waals surface area contributed by atoms with Crippen molar-refractivity contribution in [1.82, 2.24) is 10.4 Å². The van der Waals surface area contributed by atoms with E-state index >= 15 is 0 Å². The van der Waals surface area contributed by atoms with Crippen LogP contribution in [-0.4, -0.2) is 16.5 Å². The van der Waals surface area contributed by atoms with Crippen LogP contribution >= 0.6 is 0 Å². The van der Waals surface area contributed by atoms with Gasteiger partial charge in [-0.15, -0.1) is 0 Å². The number of nitriles is 1. The number of rotatable bonds is 2. The summed E-state index contributed by atoms with van der Waals surface area (Å²) in [5.74, 6) is -0.280. The molecule has 0 unspecified atom stereocenters. The second kappa shape index (κ2) is 4.67. The van der Waals surface area contributed by atoms with Crippen LogP contribution in [0.4, 0.5) is 0 Å². The summed E-state index contributed by atoms with van der Waals surface area (Å²) in [7, 11) is 0. The Morgan fingerprint density at radius 3 is 2.31 bits per heavy atom. The number of hydrazine groups is 1. The fourth-order valence-electron chi connectivity index (χ4n) is 1.10. The highest BCUT2D eigenvalue weighted by Gasteiger charge is 2.22. The fraction of sp³-hybridized carbons (Fsp3) is 0.333. The lowest BCUT2D eigenvalue weighted by Gasteiger charge is -2.30. The molecule has 0 aliphatic carbocycles. The van der Waals surface area contributed by atoms with Crippen LogP contribution in [-0.2, 0) is 0 Å². The van der Waals surface area contributed by atoms with Gasteiger partial charge in [0.15, 0.2) is 6.19 Å². The first-order valence-corrected chi connectivity index (χ1v) is 5.01. The maximum Gasteiger partial charge on any atom is 0.270 e. The van der Waals surface area contributed by atoms with Crippen LogP contribution in [0.25, 0.3) is 0 Å². The lowest BCUT2D eigenvalue weighted by molar-refractivity contribution is 0.0742. The Balaban J connectivity index is 2.76. The van der Waals surface area contributed by atoms with E-state index in [0.717, 1.165) is 0 Å². The first kappa shape index (κ1) is 12.1. The minimum Gasteiger partial charge on any atom is -0.267 e. The normalized spacial score (nSPS) is 10.4. The molecular weight excluding hydrogens is 202 g/mol. The van der Waals surface area contributed by atoms with Crippen molar-refractivity contribution < 1.29 is 4.79 Å². The molecule has 0 heterocycles. The summed E-state index contributed by atoms with van der Waals surface area (Å²) in [4.78, 5) is 11.8. The van der Waals surface area contributed by atoms with Gasteiger partial charge in [-0.2, -0.15) is 5.26 Å². The van der Waals surface area contributed by atoms with Gasteiger partial charge in [-0.25, -0.2) is 5.01 Å². The molecule has 16 heavy (non-hydrogen) atoms. The molecule has 4 heteroatoms. The Bertz CT molecular complexity index is 401. The average molecular weight is 217 g/mol. The molecule has 0 saturated heterocycles. The molecule has 0 aliphatic heterocycles. The van der Waals surface area contributed by atoms with Crippen LogP contribution in [0.5, 0.6) is 0 Å². The van der Waals surface area contributed by atoms with Crippen LogP contribution in [0.3, 0.4) is 0 Å². The second-order valence-electron chi connectivity index (χ2n) is 4.41. The number of nitrogens with zero attached hydrogens (tertiary/aromatic N) is 2. The van der Waals surface area contributed by atoms with Crippen molar-refractivity contribution in [2.45, 2.75) is 26.3 Å². The summed E-state index contributed by atoms with van der Waals surface area (Å²) in [6.45, 7) is 5.55. The van der Waals surface area contributed by atoms with Gasteiger partial charge in [0, 0.05) is 5.56 Å². The minimum atomic E-state index is -0.431. The minimum absolute atomic E-state index is 0.280. The van der Waals surface area contributed by atoms with Crippen LogP contribution in [0.1, 0.15) is 31.1 Å². The van der Waals surface area contributed by atoms with Crippen molar-refractivity contribution in [3.05, 3.63) is 35.9 Å². The molecule has 0 aromatic heterocycles. The molecule has 0 atom stereocenters. The van der Waals surface area contributed by atoms with Crippen molar-refractivity contribution in [2.24, 2.45) is 0 Å². The zero-order valence-electron chi connectivity index (χ0n) is 9.69. The van der Waals surface area contributed by atoms with E-state index in [0.29, 0.717) is 5.56 Å². The molecule has 0 radical (unpaired) electrons. The van der Waals surface area contributed by atoms with Gasteiger partial charge in [0.1, 0.15) is 0 Å². The molecule has 1 amide bonds. The first-order chi connectivity index (χ1) is 7.45. The van der Waals surface area contributed by atoms with Gasteiger partial charge in [0.2, 0.25) is 0 Å². The second-order valence-corrected chi connectivity index (χ2v) is 4.41. The van der Waals surface area contributed by atoms with Gasteiger partial charge < -0.3 is 0 Å². The van der Waals surface area contributed by atoms with E-state index in [1.807, 2.05) is 33.0 Å². The number of hydrogen-bond acceptors (Lipinski definition) is 3. The van der Waals surface area contributed by atoms with Crippen LogP contribution in [0.2, 0.25) is 0 Å². The highest BCUT2D eigenvalue weighted by Crippen LogP contribution is 2.09. The van der Waals surface area contributed by atoms with E-state index in [1.165, 1.54) is 5.01 Å². The number of carbonyl (C=O) groups is 1. The molecule has 1 aromatic rings. The molecule has 84 valence electrons. The van der Waals surface area contributed by atoms with E-state index in [4.69, 9.17) is 5.26 Å². The molecule has 0 aliphatic rings. The fourth-order valence-corrected chi connectivity index (χ4v) is 1.10. The summed E-state index contributed by atoms with van der Waals surface area (Å²) < 4.78 is 0. The highest BCUT2D eigenvalue weighted by molar-refractivity contribution is 5.93. The number of nitrogens with one attached hydrogen (secondary N) is 1. The number of carbonyl (C=O) groups excluding carboxylic acids is 1. The van der Waals surface area contributed by atoms with Gasteiger partial charge in [0.05, 0.1) is 5.54 Å². The topological polar surface area (TPSA) is 56.1 Å². The lowest BCUT2D eigenvalue weighted by atomic mass is 10.1. The Morgan fingerprint density at radius 1 is 1.31 bits per heavy atom. The van der Waals surface area contributed by atoms with Crippen molar-refractivity contribution in [2.75, 3.05) is 0 Å². The van der Waals surface area contributed by atoms with Gasteiger partial charge >= 0.3 is 0 Å². The van der Waals surface area contributed by atoms with Crippen molar-refractivity contribution in [1.29, 1.82) is 5.26 Å². The summed E-state index contributed by atoms with van der Waals surface area (Å²) in [6.07, 6.45) is 1.94. The Hall–Kier alpha value is -2.02. The molecule has 0 bridgehead atoms. The maximum absolute atomic E-state index is 11.8. The van der Waals surface area contributed by atoms with Gasteiger partial charge in [-0.3, -0.25) is 10.2 Å². The van der Waals surface area contributed by atoms with E-state index in [1.54, 1.807) is 24.3 Å². The summed E-state index contributed by atoms with van der Waals surface area (Å²) in [5.41, 5.74) is 2.66. The molecule has 0 spiro atoms. The van der Waals surface area contributed by atoms with Crippen molar-refractivity contribution in [3.8, 4) is 6.19 Å². The van der Waals surface area contributed by atoms with Crippen LogP contribution < -0.4 is 5.43 Å². The van der Waals surface area contributed by atoms with E-state index in [9.17, 15) is 4.79 Å². The predicted octanol–water partition coefficient (Wildman–Crippen LogP) is 1.91. The molecule has 1 aromatic carbocycles. The monoisotopic (exact) mass is 217 g/mol. The molecule has 1 N–H and O–H groups in total. The maximum atomic E-state index is 11.8. The Morgan fingerprint density at radius 2 is 1.88 bits per heavy atom. The third-order valence-corrected chi connectivity index (χ3v) is 2.02. The van der Waals surface area contributed by atoms with Crippen molar-refractivity contribution >= 4 is 5.91 Å². The molecule has 0 saturated carbocycles. The third kappa shape index (κ3) is 2.99.